The molecule has 1 aliphatic heterocycles. The molecular formula is C24H27N5O3. The smallest absolute Gasteiger partial charge is 0.228 e. The highest BCUT2D eigenvalue weighted by molar-refractivity contribution is 5.91. The molecule has 2 N–H and O–H groups in total. The number of nitrogens with two attached hydrogens (primary N) is 1. The van der Waals surface area contributed by atoms with E-state index < -0.39 is 0 Å². The van der Waals surface area contributed by atoms with Gasteiger partial charge in [-0.25, -0.2) is 4.98 Å². The van der Waals surface area contributed by atoms with E-state index in [0.717, 1.165) is 11.8 Å². The van der Waals surface area contributed by atoms with Gasteiger partial charge in [-0.05, 0) is 24.0 Å². The van der Waals surface area contributed by atoms with Gasteiger partial charge < -0.3 is 25.0 Å². The van der Waals surface area contributed by atoms with Crippen molar-refractivity contribution in [1.82, 2.24) is 14.9 Å². The van der Waals surface area contributed by atoms with Crippen molar-refractivity contribution in [1.29, 1.82) is 0 Å². The zero-order valence-corrected chi connectivity index (χ0v) is 18.3. The summed E-state index contributed by atoms with van der Waals surface area (Å²) >= 11 is 0. The number of benzene rings is 2. The summed E-state index contributed by atoms with van der Waals surface area (Å²) in [5, 5.41) is 0.723. The number of ether oxygens (including phenoxy) is 2. The van der Waals surface area contributed by atoms with Crippen LogP contribution in [0.2, 0.25) is 0 Å². The molecule has 1 amide bonds. The maximum atomic E-state index is 13.0. The number of anilines is 2. The first-order valence-corrected chi connectivity index (χ1v) is 10.9. The van der Waals surface area contributed by atoms with E-state index in [0.29, 0.717) is 60.9 Å². The quantitative estimate of drug-likeness (QED) is 0.661. The van der Waals surface area contributed by atoms with E-state index in [2.05, 4.69) is 22.0 Å². The van der Waals surface area contributed by atoms with E-state index in [-0.39, 0.29) is 11.8 Å². The number of aromatic nitrogens is 2. The van der Waals surface area contributed by atoms with Crippen LogP contribution in [-0.4, -0.2) is 61.2 Å². The molecule has 8 nitrogen and oxygen atoms in total. The van der Waals surface area contributed by atoms with Gasteiger partial charge in [0.2, 0.25) is 11.9 Å². The Balaban J connectivity index is 1.27. The van der Waals surface area contributed by atoms with Crippen LogP contribution in [0.25, 0.3) is 10.9 Å². The summed E-state index contributed by atoms with van der Waals surface area (Å²) in [7, 11) is 3.17. The van der Waals surface area contributed by atoms with Gasteiger partial charge in [-0.2, -0.15) is 4.98 Å². The number of fused-ring (bicyclic) bond motifs is 1. The SMILES string of the molecule is COc1cc2nc(N3CCN(C(=O)C4CC4c4ccccc4)CC3)nc(N)c2cc1OC. The van der Waals surface area contributed by atoms with E-state index in [1.807, 2.05) is 29.2 Å². The van der Waals surface area contributed by atoms with Crippen molar-refractivity contribution < 1.29 is 14.3 Å². The summed E-state index contributed by atoms with van der Waals surface area (Å²) in [6, 6.07) is 13.9. The van der Waals surface area contributed by atoms with Crippen LogP contribution < -0.4 is 20.1 Å². The third-order valence-electron chi connectivity index (χ3n) is 6.43. The number of hydrogen-bond donors (Lipinski definition) is 1. The number of amides is 1. The highest BCUT2D eigenvalue weighted by Crippen LogP contribution is 2.48. The van der Waals surface area contributed by atoms with Gasteiger partial charge in [-0.1, -0.05) is 30.3 Å². The number of piperazine rings is 1. The van der Waals surface area contributed by atoms with Crippen molar-refractivity contribution >= 4 is 28.6 Å². The van der Waals surface area contributed by atoms with Gasteiger partial charge in [0.25, 0.3) is 0 Å². The van der Waals surface area contributed by atoms with Gasteiger partial charge in [0, 0.05) is 43.5 Å². The number of carbonyl (C=O) groups excluding carboxylic acids is 1. The standard InChI is InChI=1S/C24H27N5O3/c1-31-20-13-18-19(14-21(20)32-2)26-24(27-22(18)25)29-10-8-28(9-11-29)23(30)17-12-16(17)15-6-4-3-5-7-15/h3-7,13-14,16-17H,8-12H2,1-2H3,(H2,25,26,27). The molecule has 8 heteroatoms. The second-order valence-corrected chi connectivity index (χ2v) is 8.30. The Morgan fingerprint density at radius 3 is 2.38 bits per heavy atom. The molecule has 32 heavy (non-hydrogen) atoms. The molecule has 0 bridgehead atoms. The predicted octanol–water partition coefficient (Wildman–Crippen LogP) is 2.68. The highest BCUT2D eigenvalue weighted by atomic mass is 16.5. The van der Waals surface area contributed by atoms with E-state index in [9.17, 15) is 4.79 Å². The van der Waals surface area contributed by atoms with Gasteiger partial charge in [0.05, 0.1) is 19.7 Å². The molecule has 1 saturated carbocycles. The molecule has 166 valence electrons. The van der Waals surface area contributed by atoms with E-state index in [1.54, 1.807) is 20.3 Å². The van der Waals surface area contributed by atoms with Crippen LogP contribution in [-0.2, 0) is 4.79 Å². The third-order valence-corrected chi connectivity index (χ3v) is 6.43. The first-order valence-electron chi connectivity index (χ1n) is 10.9. The van der Waals surface area contributed by atoms with Crippen LogP contribution >= 0.6 is 0 Å². The topological polar surface area (TPSA) is 93.8 Å². The predicted molar refractivity (Wildman–Crippen MR) is 123 cm³/mol. The second kappa shape index (κ2) is 8.18. The van der Waals surface area contributed by atoms with Gasteiger partial charge in [-0.3, -0.25) is 4.79 Å². The number of methoxy groups -OCH3 is 2. The van der Waals surface area contributed by atoms with Crippen LogP contribution in [0.1, 0.15) is 17.9 Å². The molecule has 2 fully saturated rings. The normalized spacial score (nSPS) is 20.3. The Bertz CT molecular complexity index is 1150. The van der Waals surface area contributed by atoms with Gasteiger partial charge >= 0.3 is 0 Å². The Morgan fingerprint density at radius 2 is 1.69 bits per heavy atom. The van der Waals surface area contributed by atoms with Crippen molar-refractivity contribution in [3.63, 3.8) is 0 Å². The summed E-state index contributed by atoms with van der Waals surface area (Å²) in [5.41, 5.74) is 8.20. The fourth-order valence-electron chi connectivity index (χ4n) is 4.51. The molecule has 1 aromatic heterocycles. The summed E-state index contributed by atoms with van der Waals surface area (Å²) in [6.07, 6.45) is 0.943. The lowest BCUT2D eigenvalue weighted by Gasteiger charge is -2.35. The summed E-state index contributed by atoms with van der Waals surface area (Å²) in [6.45, 7) is 2.66. The van der Waals surface area contributed by atoms with Crippen molar-refractivity contribution in [2.75, 3.05) is 51.0 Å². The van der Waals surface area contributed by atoms with Crippen molar-refractivity contribution in [2.45, 2.75) is 12.3 Å². The molecule has 0 spiro atoms. The largest absolute Gasteiger partial charge is 0.493 e. The molecule has 0 radical (unpaired) electrons. The molecule has 2 atom stereocenters. The molecule has 2 aliphatic rings. The molecule has 5 rings (SSSR count). The lowest BCUT2D eigenvalue weighted by molar-refractivity contribution is -0.133. The minimum Gasteiger partial charge on any atom is -0.493 e. The third kappa shape index (κ3) is 3.66. The Hall–Kier alpha value is -3.55. The Morgan fingerprint density at radius 1 is 1.00 bits per heavy atom. The number of hydrogen-bond acceptors (Lipinski definition) is 7. The highest BCUT2D eigenvalue weighted by Gasteiger charge is 2.46. The molecule has 1 saturated heterocycles. The number of nitrogen functional groups attached to an aromatic ring is 1. The van der Waals surface area contributed by atoms with Crippen LogP contribution in [0.4, 0.5) is 11.8 Å². The van der Waals surface area contributed by atoms with E-state index in [1.165, 1.54) is 5.56 Å². The van der Waals surface area contributed by atoms with Gasteiger partial charge in [0.1, 0.15) is 5.82 Å². The fraction of sp³-hybridized carbons (Fsp3) is 0.375. The summed E-state index contributed by atoms with van der Waals surface area (Å²) in [4.78, 5) is 26.3. The van der Waals surface area contributed by atoms with E-state index >= 15 is 0 Å². The summed E-state index contributed by atoms with van der Waals surface area (Å²) < 4.78 is 10.8. The molecular weight excluding hydrogens is 406 g/mol. The van der Waals surface area contributed by atoms with Crippen molar-refractivity contribution in [3.05, 3.63) is 48.0 Å². The van der Waals surface area contributed by atoms with Crippen LogP contribution in [0.15, 0.2) is 42.5 Å². The van der Waals surface area contributed by atoms with Crippen molar-refractivity contribution in [2.24, 2.45) is 5.92 Å². The zero-order chi connectivity index (χ0) is 22.2. The second-order valence-electron chi connectivity index (χ2n) is 8.30. The van der Waals surface area contributed by atoms with Crippen LogP contribution in [0, 0.1) is 5.92 Å². The average molecular weight is 434 g/mol. The average Bonchev–Trinajstić information content (AvgIpc) is 3.64. The number of rotatable bonds is 5. The number of carbonyl (C=O) groups is 1. The fourth-order valence-corrected chi connectivity index (χ4v) is 4.51. The van der Waals surface area contributed by atoms with Crippen LogP contribution in [0.3, 0.4) is 0 Å². The minimum atomic E-state index is 0.110. The van der Waals surface area contributed by atoms with Gasteiger partial charge in [-0.15, -0.1) is 0 Å². The minimum absolute atomic E-state index is 0.110. The lowest BCUT2D eigenvalue weighted by Crippen LogP contribution is -2.49. The lowest BCUT2D eigenvalue weighted by atomic mass is 10.1. The Labute approximate surface area is 186 Å². The van der Waals surface area contributed by atoms with Crippen LogP contribution in [0.5, 0.6) is 11.5 Å². The molecule has 1 aliphatic carbocycles. The maximum absolute atomic E-state index is 13.0. The zero-order valence-electron chi connectivity index (χ0n) is 18.3. The maximum Gasteiger partial charge on any atom is 0.228 e. The molecule has 2 aromatic carbocycles. The molecule has 2 heterocycles. The monoisotopic (exact) mass is 433 g/mol. The molecule has 2 unspecified atom stereocenters. The van der Waals surface area contributed by atoms with Gasteiger partial charge in [0.15, 0.2) is 11.5 Å². The van der Waals surface area contributed by atoms with E-state index in [4.69, 9.17) is 20.2 Å². The Kier molecular flexibility index (Phi) is 5.20. The first kappa shape index (κ1) is 20.4. The summed E-state index contributed by atoms with van der Waals surface area (Å²) in [5.74, 6) is 2.88. The first-order chi connectivity index (χ1) is 15.6. The van der Waals surface area contributed by atoms with Crippen molar-refractivity contribution in [3.8, 4) is 11.5 Å². The number of nitrogens with zero attached hydrogens (tertiary/aromatic N) is 4. The molecule has 3 aromatic rings.